The Morgan fingerprint density at radius 1 is 0.821 bits per heavy atom. The average Bonchev–Trinajstić information content (AvgIpc) is 3.71. The van der Waals surface area contributed by atoms with Crippen LogP contribution in [0, 0.1) is 11.8 Å². The lowest BCUT2D eigenvalue weighted by molar-refractivity contribution is 0.477. The zero-order valence-electron chi connectivity index (χ0n) is 21.0. The van der Waals surface area contributed by atoms with Crippen LogP contribution in [-0.2, 0) is 12.8 Å². The van der Waals surface area contributed by atoms with Crippen molar-refractivity contribution in [2.45, 2.75) is 32.1 Å². The highest BCUT2D eigenvalue weighted by atomic mass is 35.5. The second-order valence-corrected chi connectivity index (χ2v) is 11.9. The normalized spacial score (nSPS) is 16.8. The van der Waals surface area contributed by atoms with E-state index in [0.29, 0.717) is 17.1 Å². The Balaban J connectivity index is 0.000000231. The Kier molecular flexibility index (Phi) is 7.71. The minimum absolute atomic E-state index is 0.0384. The topological polar surface area (TPSA) is 86.5 Å². The summed E-state index contributed by atoms with van der Waals surface area (Å²) >= 11 is 8.86. The van der Waals surface area contributed by atoms with Gasteiger partial charge in [-0.2, -0.15) is 0 Å². The Hall–Kier alpha value is -3.53. The molecule has 0 bridgehead atoms. The maximum Gasteiger partial charge on any atom is 0.255 e. The molecule has 6 aromatic heterocycles. The first-order chi connectivity index (χ1) is 19.1. The van der Waals surface area contributed by atoms with Gasteiger partial charge in [0.15, 0.2) is 0 Å². The fraction of sp³-hybridized carbons (Fsp3) is 0.241. The third-order valence-electron chi connectivity index (χ3n) is 6.96. The third kappa shape index (κ3) is 6.21. The standard InChI is InChI=1S/C23H22N4OS.C6H3ClN2S/c28-23-3-1-2-9-27(23)19-7-6-18(24-14-19)12-16-4-5-17(11-16)13-22-25-15-21-20(26-22)8-10-29-21;7-6-8-3-5-4(9-6)1-2-10-5/h1-3,6-10,14-17H,4-5,11-13H2;1-3H/t16-,17-;/m0./s1. The molecule has 1 aliphatic carbocycles. The van der Waals surface area contributed by atoms with Crippen molar-refractivity contribution in [3.63, 3.8) is 0 Å². The molecule has 0 aromatic carbocycles. The van der Waals surface area contributed by atoms with Crippen LogP contribution in [0.4, 0.5) is 0 Å². The number of hydrogen-bond acceptors (Lipinski definition) is 8. The van der Waals surface area contributed by atoms with Crippen molar-refractivity contribution < 1.29 is 0 Å². The molecule has 0 radical (unpaired) electrons. The first-order valence-electron chi connectivity index (χ1n) is 12.8. The minimum Gasteiger partial charge on any atom is -0.283 e. The van der Waals surface area contributed by atoms with Gasteiger partial charge in [0.25, 0.3) is 5.56 Å². The average molecular weight is 573 g/mol. The van der Waals surface area contributed by atoms with Gasteiger partial charge in [-0.15, -0.1) is 22.7 Å². The lowest BCUT2D eigenvalue weighted by atomic mass is 9.97. The lowest BCUT2D eigenvalue weighted by Crippen LogP contribution is -2.15. The summed E-state index contributed by atoms with van der Waals surface area (Å²) in [6, 6.07) is 13.2. The summed E-state index contributed by atoms with van der Waals surface area (Å²) in [7, 11) is 0. The molecule has 0 N–H and O–H groups in total. The molecule has 0 unspecified atom stereocenters. The zero-order chi connectivity index (χ0) is 26.6. The Bertz CT molecular complexity index is 1760. The molecule has 0 spiro atoms. The molecule has 39 heavy (non-hydrogen) atoms. The van der Waals surface area contributed by atoms with E-state index >= 15 is 0 Å². The van der Waals surface area contributed by atoms with Crippen LogP contribution in [0.2, 0.25) is 5.28 Å². The molecule has 7 rings (SSSR count). The molecule has 1 saturated carbocycles. The van der Waals surface area contributed by atoms with Gasteiger partial charge in [0.05, 0.1) is 32.3 Å². The fourth-order valence-corrected chi connectivity index (χ4v) is 6.59. The van der Waals surface area contributed by atoms with Crippen LogP contribution in [0.1, 0.15) is 30.8 Å². The summed E-state index contributed by atoms with van der Waals surface area (Å²) in [6.45, 7) is 0. The molecule has 0 aliphatic heterocycles. The molecule has 196 valence electrons. The first kappa shape index (κ1) is 25.7. The molecule has 0 saturated heterocycles. The summed E-state index contributed by atoms with van der Waals surface area (Å²) in [4.78, 5) is 33.7. The number of rotatable bonds is 5. The van der Waals surface area contributed by atoms with Crippen LogP contribution in [-0.4, -0.2) is 29.5 Å². The first-order valence-corrected chi connectivity index (χ1v) is 14.9. The van der Waals surface area contributed by atoms with Crippen LogP contribution in [0.25, 0.3) is 26.1 Å². The second kappa shape index (κ2) is 11.7. The van der Waals surface area contributed by atoms with Gasteiger partial charge >= 0.3 is 0 Å². The van der Waals surface area contributed by atoms with Gasteiger partial charge in [-0.1, -0.05) is 6.07 Å². The van der Waals surface area contributed by atoms with E-state index in [2.05, 4.69) is 37.4 Å². The monoisotopic (exact) mass is 572 g/mol. The van der Waals surface area contributed by atoms with E-state index in [1.807, 2.05) is 29.8 Å². The summed E-state index contributed by atoms with van der Waals surface area (Å²) in [6.07, 6.45) is 12.9. The highest BCUT2D eigenvalue weighted by Crippen LogP contribution is 2.35. The lowest BCUT2D eigenvalue weighted by Gasteiger charge is -2.11. The summed E-state index contributed by atoms with van der Waals surface area (Å²) in [5.74, 6) is 2.28. The van der Waals surface area contributed by atoms with Gasteiger partial charge < -0.3 is 0 Å². The van der Waals surface area contributed by atoms with Crippen LogP contribution >= 0.6 is 34.3 Å². The Morgan fingerprint density at radius 3 is 2.31 bits per heavy atom. The number of hydrogen-bond donors (Lipinski definition) is 0. The quantitative estimate of drug-likeness (QED) is 0.212. The van der Waals surface area contributed by atoms with Gasteiger partial charge in [-0.05, 0) is 90.2 Å². The molecule has 2 atom stereocenters. The Morgan fingerprint density at radius 2 is 1.56 bits per heavy atom. The van der Waals surface area contributed by atoms with E-state index in [9.17, 15) is 4.79 Å². The molecule has 6 heterocycles. The van der Waals surface area contributed by atoms with Gasteiger partial charge in [0.2, 0.25) is 5.28 Å². The molecular weight excluding hydrogens is 548 g/mol. The smallest absolute Gasteiger partial charge is 0.255 e. The molecule has 7 nitrogen and oxygen atoms in total. The summed E-state index contributed by atoms with van der Waals surface area (Å²) in [5.41, 5.74) is 3.86. The number of thiophene rings is 2. The molecular formula is C29H25ClN6OS2. The molecule has 1 fully saturated rings. The number of fused-ring (bicyclic) bond motifs is 2. The van der Waals surface area contributed by atoms with Crippen molar-refractivity contribution >= 4 is 54.7 Å². The van der Waals surface area contributed by atoms with Crippen molar-refractivity contribution in [2.75, 3.05) is 0 Å². The second-order valence-electron chi connectivity index (χ2n) is 9.64. The van der Waals surface area contributed by atoms with Crippen molar-refractivity contribution in [1.82, 2.24) is 29.5 Å². The van der Waals surface area contributed by atoms with Crippen LogP contribution < -0.4 is 5.56 Å². The predicted molar refractivity (Wildman–Crippen MR) is 158 cm³/mol. The maximum atomic E-state index is 12.0. The fourth-order valence-electron chi connectivity index (χ4n) is 5.07. The third-order valence-corrected chi connectivity index (χ3v) is 8.82. The molecule has 1 aliphatic rings. The number of pyridine rings is 2. The van der Waals surface area contributed by atoms with E-state index in [4.69, 9.17) is 16.6 Å². The highest BCUT2D eigenvalue weighted by molar-refractivity contribution is 7.17. The van der Waals surface area contributed by atoms with E-state index in [-0.39, 0.29) is 5.56 Å². The van der Waals surface area contributed by atoms with Gasteiger partial charge in [0, 0.05) is 36.8 Å². The SMILES string of the molecule is Clc1ncc2sccc2n1.O=c1ccccn1-c1ccc(C[C@H]2CC[C@H](Cc3ncc4sccc4n3)C2)nc1. The summed E-state index contributed by atoms with van der Waals surface area (Å²) in [5, 5.41) is 4.35. The number of halogens is 1. The van der Waals surface area contributed by atoms with E-state index in [1.165, 1.54) is 19.3 Å². The number of nitrogens with zero attached hydrogens (tertiary/aromatic N) is 6. The largest absolute Gasteiger partial charge is 0.283 e. The predicted octanol–water partition coefficient (Wildman–Crippen LogP) is 6.78. The zero-order valence-corrected chi connectivity index (χ0v) is 23.4. The van der Waals surface area contributed by atoms with Crippen LogP contribution in [0.5, 0.6) is 0 Å². The highest BCUT2D eigenvalue weighted by Gasteiger charge is 2.26. The van der Waals surface area contributed by atoms with Crippen molar-refractivity contribution in [2.24, 2.45) is 11.8 Å². The number of aromatic nitrogens is 6. The summed E-state index contributed by atoms with van der Waals surface area (Å²) < 4.78 is 3.85. The van der Waals surface area contributed by atoms with Crippen LogP contribution in [0.3, 0.4) is 0 Å². The van der Waals surface area contributed by atoms with Crippen molar-refractivity contribution in [3.8, 4) is 5.69 Å². The van der Waals surface area contributed by atoms with Gasteiger partial charge in [0.1, 0.15) is 5.82 Å². The molecule has 6 aromatic rings. The van der Waals surface area contributed by atoms with E-state index < -0.39 is 0 Å². The van der Waals surface area contributed by atoms with Crippen molar-refractivity contribution in [1.29, 1.82) is 0 Å². The van der Waals surface area contributed by atoms with Gasteiger partial charge in [-0.3, -0.25) is 14.3 Å². The molecule has 10 heteroatoms. The minimum atomic E-state index is -0.0384. The van der Waals surface area contributed by atoms with Crippen molar-refractivity contribution in [3.05, 3.63) is 105 Å². The molecule has 0 amide bonds. The Labute approximate surface area is 238 Å². The maximum absolute atomic E-state index is 12.0. The van der Waals surface area contributed by atoms with Gasteiger partial charge in [-0.25, -0.2) is 19.9 Å². The van der Waals surface area contributed by atoms with E-state index in [0.717, 1.165) is 50.5 Å². The van der Waals surface area contributed by atoms with E-state index in [1.54, 1.807) is 58.0 Å². The van der Waals surface area contributed by atoms with Crippen LogP contribution in [0.15, 0.2) is 82.8 Å².